The Balaban J connectivity index is 1.75. The molecule has 0 aliphatic carbocycles. The van der Waals surface area contributed by atoms with Crippen LogP contribution in [0.1, 0.15) is 28.7 Å². The first-order valence-electron chi connectivity index (χ1n) is 9.58. The first kappa shape index (κ1) is 24.6. The molecule has 0 radical (unpaired) electrons. The second-order valence-corrected chi connectivity index (χ2v) is 6.75. The van der Waals surface area contributed by atoms with Crippen molar-refractivity contribution in [1.82, 2.24) is 9.78 Å². The van der Waals surface area contributed by atoms with E-state index >= 15 is 0 Å². The number of hydrogen-bond acceptors (Lipinski definition) is 4. The van der Waals surface area contributed by atoms with Crippen molar-refractivity contribution in [3.63, 3.8) is 0 Å². The van der Waals surface area contributed by atoms with E-state index in [0.29, 0.717) is 0 Å². The molecule has 0 fully saturated rings. The molecule has 2 amide bonds. The number of anilines is 2. The summed E-state index contributed by atoms with van der Waals surface area (Å²) < 4.78 is 83.2. The Hall–Kier alpha value is -4.03. The second-order valence-electron chi connectivity index (χ2n) is 6.75. The molecule has 34 heavy (non-hydrogen) atoms. The Kier molecular flexibility index (Phi) is 6.84. The van der Waals surface area contributed by atoms with Crippen molar-refractivity contribution >= 4 is 23.4 Å². The molecule has 2 N–H and O–H groups in total. The Morgan fingerprint density at radius 2 is 1.56 bits per heavy atom. The number of ether oxygens (including phenoxy) is 1. The largest absolute Gasteiger partial charge is 0.462 e. The maximum Gasteiger partial charge on any atom is 0.435 e. The van der Waals surface area contributed by atoms with Crippen molar-refractivity contribution in [2.45, 2.75) is 19.3 Å². The van der Waals surface area contributed by atoms with Crippen LogP contribution in [0.2, 0.25) is 0 Å². The highest BCUT2D eigenvalue weighted by molar-refractivity contribution is 6.00. The normalized spacial score (nSPS) is 11.7. The van der Waals surface area contributed by atoms with Crippen LogP contribution in [0.4, 0.5) is 42.5 Å². The lowest BCUT2D eigenvalue weighted by Gasteiger charge is -2.12. The molecule has 0 bridgehead atoms. The summed E-state index contributed by atoms with van der Waals surface area (Å²) in [5.74, 6) is -0.576. The predicted octanol–water partition coefficient (Wildman–Crippen LogP) is 5.73. The monoisotopic (exact) mass is 486 g/mol. The minimum Gasteiger partial charge on any atom is -0.462 e. The minimum absolute atomic E-state index is 0.0793. The van der Waals surface area contributed by atoms with Crippen molar-refractivity contribution in [1.29, 1.82) is 0 Å². The van der Waals surface area contributed by atoms with Crippen molar-refractivity contribution in [3.05, 3.63) is 71.5 Å². The van der Waals surface area contributed by atoms with E-state index in [1.165, 1.54) is 36.4 Å². The Labute approximate surface area is 188 Å². The summed E-state index contributed by atoms with van der Waals surface area (Å²) in [4.78, 5) is 24.0. The van der Waals surface area contributed by atoms with Crippen LogP contribution in [0.25, 0.3) is 5.69 Å². The van der Waals surface area contributed by atoms with E-state index in [1.807, 2.05) is 0 Å². The molecule has 3 aromatic rings. The average molecular weight is 486 g/mol. The van der Waals surface area contributed by atoms with Gasteiger partial charge in [-0.25, -0.2) is 14.3 Å². The van der Waals surface area contributed by atoms with Gasteiger partial charge in [-0.15, -0.1) is 0 Å². The van der Waals surface area contributed by atoms with E-state index in [0.717, 1.165) is 12.1 Å². The van der Waals surface area contributed by atoms with Gasteiger partial charge in [0.25, 0.3) is 0 Å². The number of hydrogen-bond donors (Lipinski definition) is 2. The number of benzene rings is 2. The van der Waals surface area contributed by atoms with Gasteiger partial charge in [0.2, 0.25) is 0 Å². The van der Waals surface area contributed by atoms with E-state index in [2.05, 4.69) is 15.7 Å². The molecule has 0 unspecified atom stereocenters. The topological polar surface area (TPSA) is 85.2 Å². The summed E-state index contributed by atoms with van der Waals surface area (Å²) in [6, 6.07) is 9.63. The van der Waals surface area contributed by atoms with Gasteiger partial charge in [0.05, 0.1) is 17.9 Å². The minimum atomic E-state index is -5.08. The lowest BCUT2D eigenvalue weighted by Crippen LogP contribution is -2.19. The van der Waals surface area contributed by atoms with Gasteiger partial charge in [-0.2, -0.15) is 31.4 Å². The third-order valence-electron chi connectivity index (χ3n) is 4.29. The number of nitrogens with one attached hydrogen (secondary N) is 2. The molecule has 7 nitrogen and oxygen atoms in total. The van der Waals surface area contributed by atoms with E-state index < -0.39 is 35.7 Å². The molecule has 0 saturated carbocycles. The lowest BCUT2D eigenvalue weighted by atomic mass is 10.2. The van der Waals surface area contributed by atoms with Crippen LogP contribution >= 0.6 is 0 Å². The summed E-state index contributed by atoms with van der Waals surface area (Å²) in [5.41, 5.74) is -2.96. The molecular formula is C21H16F6N4O3. The fourth-order valence-electron chi connectivity index (χ4n) is 2.84. The fraction of sp³-hybridized carbons (Fsp3) is 0.190. The van der Waals surface area contributed by atoms with Crippen LogP contribution in [0.15, 0.2) is 54.6 Å². The number of carbonyl (C=O) groups excluding carboxylic acids is 2. The molecule has 1 heterocycles. The van der Waals surface area contributed by atoms with Gasteiger partial charge in [0, 0.05) is 17.4 Å². The van der Waals surface area contributed by atoms with Crippen LogP contribution in [0.5, 0.6) is 0 Å². The van der Waals surface area contributed by atoms with E-state index in [-0.39, 0.29) is 40.0 Å². The highest BCUT2D eigenvalue weighted by Crippen LogP contribution is 2.36. The van der Waals surface area contributed by atoms with Crippen molar-refractivity contribution in [2.75, 3.05) is 17.2 Å². The van der Waals surface area contributed by atoms with Gasteiger partial charge in [-0.1, -0.05) is 6.07 Å². The van der Waals surface area contributed by atoms with Gasteiger partial charge in [0.1, 0.15) is 5.69 Å². The summed E-state index contributed by atoms with van der Waals surface area (Å²) in [6.45, 7) is 1.82. The van der Waals surface area contributed by atoms with Crippen LogP contribution in [0, 0.1) is 0 Å². The summed E-state index contributed by atoms with van der Waals surface area (Å²) in [7, 11) is 0. The first-order valence-corrected chi connectivity index (χ1v) is 9.58. The molecule has 13 heteroatoms. The lowest BCUT2D eigenvalue weighted by molar-refractivity contribution is -0.143. The average Bonchev–Trinajstić information content (AvgIpc) is 3.21. The molecule has 3 rings (SSSR count). The number of nitrogens with zero attached hydrogens (tertiary/aromatic N) is 2. The molecule has 0 atom stereocenters. The van der Waals surface area contributed by atoms with Gasteiger partial charge < -0.3 is 15.4 Å². The van der Waals surface area contributed by atoms with Crippen molar-refractivity contribution < 1.29 is 40.7 Å². The zero-order valence-corrected chi connectivity index (χ0v) is 17.3. The number of amides is 2. The highest BCUT2D eigenvalue weighted by atomic mass is 19.4. The summed E-state index contributed by atoms with van der Waals surface area (Å²) in [6.07, 6.45) is -10.1. The number of rotatable bonds is 5. The smallest absolute Gasteiger partial charge is 0.435 e. The number of halogens is 6. The van der Waals surface area contributed by atoms with Crippen LogP contribution in [0.3, 0.4) is 0 Å². The van der Waals surface area contributed by atoms with Gasteiger partial charge in [-0.05, 0) is 49.4 Å². The number of esters is 1. The predicted molar refractivity (Wildman–Crippen MR) is 109 cm³/mol. The molecular weight excluding hydrogens is 470 g/mol. The third-order valence-corrected chi connectivity index (χ3v) is 4.29. The molecule has 0 spiro atoms. The van der Waals surface area contributed by atoms with E-state index in [9.17, 15) is 35.9 Å². The molecule has 180 valence electrons. The van der Waals surface area contributed by atoms with Crippen LogP contribution in [-0.2, 0) is 17.1 Å². The Bertz CT molecular complexity index is 1190. The number of alkyl halides is 6. The zero-order chi connectivity index (χ0) is 25.1. The summed E-state index contributed by atoms with van der Waals surface area (Å²) >= 11 is 0. The van der Waals surface area contributed by atoms with Gasteiger partial charge >= 0.3 is 24.4 Å². The Morgan fingerprint density at radius 1 is 0.912 bits per heavy atom. The molecule has 1 aromatic heterocycles. The number of aromatic nitrogens is 2. The second kappa shape index (κ2) is 9.45. The maximum absolute atomic E-state index is 13.2. The Morgan fingerprint density at radius 3 is 2.15 bits per heavy atom. The maximum atomic E-state index is 13.2. The number of urea groups is 1. The molecule has 2 aromatic carbocycles. The van der Waals surface area contributed by atoms with E-state index in [4.69, 9.17) is 4.74 Å². The van der Waals surface area contributed by atoms with Crippen LogP contribution in [-0.4, -0.2) is 28.4 Å². The first-order chi connectivity index (χ1) is 15.9. The van der Waals surface area contributed by atoms with Gasteiger partial charge in [-0.3, -0.25) is 0 Å². The van der Waals surface area contributed by atoms with Gasteiger partial charge in [0.15, 0.2) is 5.69 Å². The SMILES string of the molecule is CCOC(=O)c1cccc(NC(=O)Nc2ccc(-n3nc(C(F)(F)F)cc3C(F)(F)F)cc2)c1. The summed E-state index contributed by atoms with van der Waals surface area (Å²) in [5, 5.41) is 7.93. The molecule has 0 aliphatic rings. The highest BCUT2D eigenvalue weighted by Gasteiger charge is 2.42. The van der Waals surface area contributed by atoms with Crippen molar-refractivity contribution in [2.24, 2.45) is 0 Å². The van der Waals surface area contributed by atoms with E-state index in [1.54, 1.807) is 6.92 Å². The number of carbonyl (C=O) groups is 2. The quantitative estimate of drug-likeness (QED) is 0.356. The van der Waals surface area contributed by atoms with Crippen LogP contribution < -0.4 is 10.6 Å². The zero-order valence-electron chi connectivity index (χ0n) is 17.3. The fourth-order valence-corrected chi connectivity index (χ4v) is 2.84. The molecule has 0 aliphatic heterocycles. The third kappa shape index (κ3) is 5.85. The standard InChI is InChI=1S/C21H16F6N4O3/c1-2-34-18(32)12-4-3-5-14(10-12)29-19(33)28-13-6-8-15(9-7-13)31-17(21(25,26)27)11-16(30-31)20(22,23)24/h3-11H,2H2,1H3,(H2,28,29,33). The molecule has 0 saturated heterocycles. The van der Waals surface area contributed by atoms with Crippen molar-refractivity contribution in [3.8, 4) is 5.69 Å².